The highest BCUT2D eigenvalue weighted by atomic mass is 16.1. The number of benzene rings is 1. The number of aromatic nitrogens is 3. The molecule has 0 unspecified atom stereocenters. The van der Waals surface area contributed by atoms with Crippen LogP contribution in [0.3, 0.4) is 0 Å². The zero-order valence-corrected chi connectivity index (χ0v) is 17.5. The third-order valence-corrected chi connectivity index (χ3v) is 5.74. The molecule has 0 radical (unpaired) electrons. The number of likely N-dealkylation sites (N-methyl/N-ethyl adjacent to an activating group) is 1. The third kappa shape index (κ3) is 4.02. The predicted octanol–water partition coefficient (Wildman–Crippen LogP) is 2.64. The monoisotopic (exact) mass is 415 g/mol. The number of fused-ring (bicyclic) bond motifs is 1. The number of hydrogen-bond acceptors (Lipinski definition) is 6. The van der Waals surface area contributed by atoms with E-state index in [1.807, 2.05) is 24.4 Å². The minimum absolute atomic E-state index is 0.0386. The zero-order chi connectivity index (χ0) is 21.4. The minimum Gasteiger partial charge on any atom is -0.369 e. The first-order valence-corrected chi connectivity index (χ1v) is 10.4. The Kier molecular flexibility index (Phi) is 4.91. The van der Waals surface area contributed by atoms with E-state index in [9.17, 15) is 4.79 Å². The number of anilines is 3. The van der Waals surface area contributed by atoms with Crippen molar-refractivity contribution in [2.45, 2.75) is 6.42 Å². The summed E-state index contributed by atoms with van der Waals surface area (Å²) in [6.45, 7) is 8.11. The Morgan fingerprint density at radius 1 is 1.19 bits per heavy atom. The molecule has 2 N–H and O–H groups in total. The van der Waals surface area contributed by atoms with Gasteiger partial charge in [0.1, 0.15) is 5.82 Å². The van der Waals surface area contributed by atoms with Crippen molar-refractivity contribution in [1.82, 2.24) is 24.8 Å². The number of allylic oxidation sites excluding steroid dienone is 1. The molecular weight excluding hydrogens is 390 g/mol. The molecule has 158 valence electrons. The lowest BCUT2D eigenvalue weighted by Gasteiger charge is -2.34. The van der Waals surface area contributed by atoms with Gasteiger partial charge in [0.2, 0.25) is 5.91 Å². The topological polar surface area (TPSA) is 77.8 Å². The molecule has 1 amide bonds. The number of nitrogens with one attached hydrogen (secondary N) is 2. The number of carbonyl (C=O) groups excluding carboxylic acids is 1. The van der Waals surface area contributed by atoms with Gasteiger partial charge in [0, 0.05) is 55.0 Å². The molecule has 2 aromatic heterocycles. The first-order chi connectivity index (χ1) is 15.0. The molecule has 2 aliphatic heterocycles. The van der Waals surface area contributed by atoms with E-state index in [0.717, 1.165) is 54.5 Å². The molecule has 5 rings (SSSR count). The quantitative estimate of drug-likeness (QED) is 0.682. The average molecular weight is 416 g/mol. The van der Waals surface area contributed by atoms with Crippen molar-refractivity contribution < 1.29 is 4.79 Å². The fourth-order valence-corrected chi connectivity index (χ4v) is 3.95. The van der Waals surface area contributed by atoms with Crippen LogP contribution in [0.4, 0.5) is 17.2 Å². The van der Waals surface area contributed by atoms with Gasteiger partial charge in [0.05, 0.1) is 12.6 Å². The molecule has 2 fully saturated rings. The maximum absolute atomic E-state index is 11.6. The van der Waals surface area contributed by atoms with E-state index in [0.29, 0.717) is 12.1 Å². The lowest BCUT2D eigenvalue weighted by atomic mass is 10.1. The number of nitrogens with zero attached hydrogens (tertiary/aromatic N) is 5. The summed E-state index contributed by atoms with van der Waals surface area (Å²) in [6, 6.07) is 10.3. The van der Waals surface area contributed by atoms with Gasteiger partial charge in [-0.15, -0.1) is 0 Å². The van der Waals surface area contributed by atoms with Gasteiger partial charge in [-0.25, -0.2) is 9.50 Å². The Bertz CT molecular complexity index is 1190. The predicted molar refractivity (Wildman–Crippen MR) is 122 cm³/mol. The molecular formula is C23H25N7O. The smallest absolute Gasteiger partial charge is 0.228 e. The lowest BCUT2D eigenvalue weighted by molar-refractivity contribution is -0.118. The largest absolute Gasteiger partial charge is 0.369 e. The molecule has 2 aliphatic rings. The van der Waals surface area contributed by atoms with Crippen LogP contribution in [0.15, 0.2) is 60.6 Å². The van der Waals surface area contributed by atoms with Crippen molar-refractivity contribution in [2.24, 2.45) is 0 Å². The fourth-order valence-electron chi connectivity index (χ4n) is 3.95. The minimum atomic E-state index is -0.0386. The van der Waals surface area contributed by atoms with Crippen LogP contribution < -0.4 is 15.5 Å². The summed E-state index contributed by atoms with van der Waals surface area (Å²) < 4.78 is 1.73. The highest BCUT2D eigenvalue weighted by Gasteiger charge is 2.19. The summed E-state index contributed by atoms with van der Waals surface area (Å²) in [5.74, 6) is 0.700. The summed E-state index contributed by atoms with van der Waals surface area (Å²) in [5, 5.41) is 10.5. The second-order valence-electron chi connectivity index (χ2n) is 8.02. The maximum Gasteiger partial charge on any atom is 0.228 e. The summed E-state index contributed by atoms with van der Waals surface area (Å²) in [5.41, 5.74) is 5.28. The van der Waals surface area contributed by atoms with E-state index in [-0.39, 0.29) is 5.91 Å². The van der Waals surface area contributed by atoms with Crippen molar-refractivity contribution in [3.8, 4) is 0 Å². The van der Waals surface area contributed by atoms with Crippen LogP contribution in [0.25, 0.3) is 11.7 Å². The maximum atomic E-state index is 11.6. The van der Waals surface area contributed by atoms with Gasteiger partial charge in [-0.2, -0.15) is 5.10 Å². The normalized spacial score (nSPS) is 18.7. The molecule has 1 aromatic carbocycles. The molecule has 0 saturated carbocycles. The van der Waals surface area contributed by atoms with Gasteiger partial charge in [-0.05, 0) is 43.0 Å². The Balaban J connectivity index is 1.39. The van der Waals surface area contributed by atoms with E-state index in [2.05, 4.69) is 57.4 Å². The van der Waals surface area contributed by atoms with Crippen molar-refractivity contribution in [2.75, 3.05) is 43.4 Å². The van der Waals surface area contributed by atoms with Gasteiger partial charge >= 0.3 is 0 Å². The van der Waals surface area contributed by atoms with Crippen LogP contribution in [0.1, 0.15) is 12.0 Å². The highest BCUT2D eigenvalue weighted by Crippen LogP contribution is 2.25. The van der Waals surface area contributed by atoms with E-state index in [1.165, 1.54) is 5.69 Å². The second-order valence-corrected chi connectivity index (χ2v) is 8.02. The SMILES string of the molecule is C=C1NC(=O)C/C1=C\c1cnn2ccc(Nc3cccc(N4CCN(C)CC4)c3)nc12. The molecule has 0 spiro atoms. The van der Waals surface area contributed by atoms with Crippen LogP contribution in [0.5, 0.6) is 0 Å². The fraction of sp³-hybridized carbons (Fsp3) is 0.261. The molecule has 31 heavy (non-hydrogen) atoms. The molecule has 8 nitrogen and oxygen atoms in total. The molecule has 0 bridgehead atoms. The van der Waals surface area contributed by atoms with Crippen LogP contribution in [-0.4, -0.2) is 58.6 Å². The van der Waals surface area contributed by atoms with Crippen LogP contribution in [0, 0.1) is 0 Å². The van der Waals surface area contributed by atoms with Crippen molar-refractivity contribution in [3.63, 3.8) is 0 Å². The van der Waals surface area contributed by atoms with Crippen molar-refractivity contribution in [3.05, 3.63) is 66.1 Å². The van der Waals surface area contributed by atoms with Crippen molar-refractivity contribution >= 4 is 34.8 Å². The Morgan fingerprint density at radius 3 is 2.81 bits per heavy atom. The van der Waals surface area contributed by atoms with E-state index in [4.69, 9.17) is 4.98 Å². The number of piperazine rings is 1. The van der Waals surface area contributed by atoms with Gasteiger partial charge in [-0.3, -0.25) is 4.79 Å². The summed E-state index contributed by atoms with van der Waals surface area (Å²) in [4.78, 5) is 21.1. The first-order valence-electron chi connectivity index (χ1n) is 10.4. The lowest BCUT2D eigenvalue weighted by Crippen LogP contribution is -2.44. The van der Waals surface area contributed by atoms with E-state index >= 15 is 0 Å². The van der Waals surface area contributed by atoms with E-state index in [1.54, 1.807) is 10.7 Å². The molecule has 8 heteroatoms. The zero-order valence-electron chi connectivity index (χ0n) is 17.5. The first kappa shape index (κ1) is 19.3. The Labute approximate surface area is 180 Å². The van der Waals surface area contributed by atoms with Crippen LogP contribution in [0.2, 0.25) is 0 Å². The molecule has 3 aromatic rings. The van der Waals surface area contributed by atoms with E-state index < -0.39 is 0 Å². The third-order valence-electron chi connectivity index (χ3n) is 5.74. The van der Waals surface area contributed by atoms with Crippen molar-refractivity contribution in [1.29, 1.82) is 0 Å². The standard InChI is InChI=1S/C23H25N7O/c1-16-17(13-22(31)25-16)12-18-15-24-30-7-6-21(27-23(18)30)26-19-4-3-5-20(14-19)29-10-8-28(2)9-11-29/h3-7,12,14-15H,1,8-11,13H2,2H3,(H,25,31)(H,26,27)/b17-12+. The summed E-state index contributed by atoms with van der Waals surface area (Å²) >= 11 is 0. The molecule has 4 heterocycles. The number of rotatable bonds is 4. The van der Waals surface area contributed by atoms with Crippen LogP contribution in [-0.2, 0) is 4.79 Å². The Hall–Kier alpha value is -3.65. The molecule has 0 aliphatic carbocycles. The summed E-state index contributed by atoms with van der Waals surface area (Å²) in [7, 11) is 2.16. The van der Waals surface area contributed by atoms with Gasteiger partial charge < -0.3 is 20.4 Å². The average Bonchev–Trinajstić information content (AvgIpc) is 3.31. The highest BCUT2D eigenvalue weighted by molar-refractivity contribution is 5.89. The van der Waals surface area contributed by atoms with Gasteiger partial charge in [-0.1, -0.05) is 12.6 Å². The molecule has 2 saturated heterocycles. The number of amides is 1. The van der Waals surface area contributed by atoms with Gasteiger partial charge in [0.25, 0.3) is 0 Å². The number of hydrogen-bond donors (Lipinski definition) is 2. The summed E-state index contributed by atoms with van der Waals surface area (Å²) in [6.07, 6.45) is 5.88. The van der Waals surface area contributed by atoms with Crippen LogP contribution >= 0.6 is 0 Å². The molecule has 0 atom stereocenters. The number of carbonyl (C=O) groups is 1. The van der Waals surface area contributed by atoms with Gasteiger partial charge in [0.15, 0.2) is 5.65 Å². The second kappa shape index (κ2) is 7.88. The Morgan fingerprint density at radius 2 is 2.03 bits per heavy atom.